The third kappa shape index (κ3) is 4.80. The second kappa shape index (κ2) is 7.64. The first kappa shape index (κ1) is 15.3. The number of aliphatic hydroxyl groups excluding tert-OH is 1. The van der Waals surface area contributed by atoms with Gasteiger partial charge in [0, 0.05) is 3.57 Å². The zero-order valence-corrected chi connectivity index (χ0v) is 13.7. The van der Waals surface area contributed by atoms with Crippen LogP contribution in [0.25, 0.3) is 0 Å². The highest BCUT2D eigenvalue weighted by atomic mass is 127. The molecule has 0 aliphatic heterocycles. The first-order valence-electron chi connectivity index (χ1n) is 6.73. The van der Waals surface area contributed by atoms with E-state index in [4.69, 9.17) is 4.74 Å². The van der Waals surface area contributed by atoms with Crippen LogP contribution in [0, 0.1) is 3.57 Å². The molecule has 0 aromatic heterocycles. The third-order valence-corrected chi connectivity index (χ3v) is 4.03. The smallest absolute Gasteiger partial charge is 0.118 e. The van der Waals surface area contributed by atoms with Gasteiger partial charge in [0.1, 0.15) is 5.75 Å². The summed E-state index contributed by atoms with van der Waals surface area (Å²) in [5.41, 5.74) is 2.42. The SMILES string of the molecule is COc1ccc(CCC(O)Cc2ccc(I)cc2)cc1. The van der Waals surface area contributed by atoms with Crippen LogP contribution in [0.5, 0.6) is 5.75 Å². The van der Waals surface area contributed by atoms with Crippen molar-refractivity contribution in [1.82, 2.24) is 0 Å². The first-order valence-corrected chi connectivity index (χ1v) is 7.80. The fourth-order valence-electron chi connectivity index (χ4n) is 2.12. The van der Waals surface area contributed by atoms with Crippen molar-refractivity contribution >= 4 is 22.6 Å². The molecule has 0 bridgehead atoms. The molecule has 0 spiro atoms. The van der Waals surface area contributed by atoms with Crippen molar-refractivity contribution in [3.63, 3.8) is 0 Å². The molecule has 0 fully saturated rings. The Kier molecular flexibility index (Phi) is 5.86. The van der Waals surface area contributed by atoms with E-state index in [-0.39, 0.29) is 6.10 Å². The van der Waals surface area contributed by atoms with Crippen LogP contribution in [-0.4, -0.2) is 18.3 Å². The average molecular weight is 382 g/mol. The maximum atomic E-state index is 10.1. The lowest BCUT2D eigenvalue weighted by Crippen LogP contribution is -2.11. The summed E-state index contributed by atoms with van der Waals surface area (Å²) in [5.74, 6) is 0.869. The molecule has 106 valence electrons. The minimum atomic E-state index is -0.294. The molecule has 0 radical (unpaired) electrons. The number of benzene rings is 2. The van der Waals surface area contributed by atoms with Gasteiger partial charge in [-0.05, 0) is 77.2 Å². The molecule has 3 heteroatoms. The summed E-state index contributed by atoms with van der Waals surface area (Å²) in [4.78, 5) is 0. The lowest BCUT2D eigenvalue weighted by Gasteiger charge is -2.11. The minimum Gasteiger partial charge on any atom is -0.497 e. The molecular formula is C17H19IO2. The molecule has 0 saturated carbocycles. The van der Waals surface area contributed by atoms with E-state index in [9.17, 15) is 5.11 Å². The predicted octanol–water partition coefficient (Wildman–Crippen LogP) is 3.84. The Balaban J connectivity index is 1.82. The van der Waals surface area contributed by atoms with Crippen molar-refractivity contribution in [2.45, 2.75) is 25.4 Å². The average Bonchev–Trinajstić information content (AvgIpc) is 2.48. The summed E-state index contributed by atoms with van der Waals surface area (Å²) in [6.45, 7) is 0. The van der Waals surface area contributed by atoms with Gasteiger partial charge in [-0.25, -0.2) is 0 Å². The monoisotopic (exact) mass is 382 g/mol. The van der Waals surface area contributed by atoms with Gasteiger partial charge in [-0.1, -0.05) is 24.3 Å². The standard InChI is InChI=1S/C17H19IO2/c1-20-17-10-5-13(6-11-17)4-9-16(19)12-14-2-7-15(18)8-3-14/h2-3,5-8,10-11,16,19H,4,9,12H2,1H3. The second-order valence-corrected chi connectivity index (χ2v) is 6.12. The predicted molar refractivity (Wildman–Crippen MR) is 90.2 cm³/mol. The van der Waals surface area contributed by atoms with Crippen molar-refractivity contribution in [3.05, 3.63) is 63.2 Å². The largest absolute Gasteiger partial charge is 0.497 e. The second-order valence-electron chi connectivity index (χ2n) is 4.87. The number of halogens is 1. The summed E-state index contributed by atoms with van der Waals surface area (Å²) in [6.07, 6.45) is 2.08. The van der Waals surface area contributed by atoms with Crippen LogP contribution in [0.2, 0.25) is 0 Å². The van der Waals surface area contributed by atoms with E-state index in [0.29, 0.717) is 6.42 Å². The molecule has 0 aliphatic rings. The van der Waals surface area contributed by atoms with Crippen molar-refractivity contribution in [2.24, 2.45) is 0 Å². The summed E-state index contributed by atoms with van der Waals surface area (Å²) >= 11 is 2.29. The van der Waals surface area contributed by atoms with E-state index in [1.807, 2.05) is 12.1 Å². The highest BCUT2D eigenvalue weighted by Gasteiger charge is 2.06. The van der Waals surface area contributed by atoms with E-state index in [2.05, 4.69) is 59.0 Å². The Bertz CT molecular complexity index is 520. The first-order chi connectivity index (χ1) is 9.67. The van der Waals surface area contributed by atoms with Gasteiger partial charge in [0.2, 0.25) is 0 Å². The van der Waals surface area contributed by atoms with Crippen LogP contribution in [0.15, 0.2) is 48.5 Å². The van der Waals surface area contributed by atoms with Gasteiger partial charge in [-0.15, -0.1) is 0 Å². The number of hydrogen-bond acceptors (Lipinski definition) is 2. The summed E-state index contributed by atoms with van der Waals surface area (Å²) in [6, 6.07) is 16.3. The van der Waals surface area contributed by atoms with Crippen LogP contribution >= 0.6 is 22.6 Å². The Labute approximate surface area is 133 Å². The molecular weight excluding hydrogens is 363 g/mol. The molecule has 20 heavy (non-hydrogen) atoms. The molecule has 0 saturated heterocycles. The molecule has 2 aromatic rings. The molecule has 1 N–H and O–H groups in total. The van der Waals surface area contributed by atoms with Crippen molar-refractivity contribution < 1.29 is 9.84 Å². The Morgan fingerprint density at radius 3 is 2.20 bits per heavy atom. The summed E-state index contributed by atoms with van der Waals surface area (Å²) in [5, 5.41) is 10.1. The molecule has 1 unspecified atom stereocenters. The quantitative estimate of drug-likeness (QED) is 0.770. The third-order valence-electron chi connectivity index (χ3n) is 3.31. The number of aryl methyl sites for hydroxylation is 1. The zero-order chi connectivity index (χ0) is 14.4. The van der Waals surface area contributed by atoms with E-state index >= 15 is 0 Å². The summed E-state index contributed by atoms with van der Waals surface area (Å²) < 4.78 is 6.35. The number of methoxy groups -OCH3 is 1. The minimum absolute atomic E-state index is 0.294. The molecule has 0 heterocycles. The maximum absolute atomic E-state index is 10.1. The lowest BCUT2D eigenvalue weighted by molar-refractivity contribution is 0.165. The van der Waals surface area contributed by atoms with Gasteiger partial charge in [0.05, 0.1) is 13.2 Å². The van der Waals surface area contributed by atoms with Gasteiger partial charge in [0.15, 0.2) is 0 Å². The summed E-state index contributed by atoms with van der Waals surface area (Å²) in [7, 11) is 1.67. The van der Waals surface area contributed by atoms with E-state index < -0.39 is 0 Å². The van der Waals surface area contributed by atoms with Gasteiger partial charge < -0.3 is 9.84 Å². The van der Waals surface area contributed by atoms with Gasteiger partial charge in [-0.3, -0.25) is 0 Å². The lowest BCUT2D eigenvalue weighted by atomic mass is 10.0. The highest BCUT2D eigenvalue weighted by molar-refractivity contribution is 14.1. The van der Waals surface area contributed by atoms with Crippen LogP contribution < -0.4 is 4.74 Å². The number of rotatable bonds is 6. The molecule has 2 rings (SSSR count). The topological polar surface area (TPSA) is 29.5 Å². The number of ether oxygens (including phenoxy) is 1. The van der Waals surface area contributed by atoms with Crippen molar-refractivity contribution in [3.8, 4) is 5.75 Å². The normalized spacial score (nSPS) is 12.2. The van der Waals surface area contributed by atoms with Gasteiger partial charge in [-0.2, -0.15) is 0 Å². The Hall–Kier alpha value is -1.07. The molecule has 0 aliphatic carbocycles. The molecule has 0 amide bonds. The zero-order valence-electron chi connectivity index (χ0n) is 11.6. The van der Waals surface area contributed by atoms with Crippen LogP contribution in [0.4, 0.5) is 0 Å². The van der Waals surface area contributed by atoms with Crippen LogP contribution in [0.1, 0.15) is 17.5 Å². The molecule has 2 aromatic carbocycles. The number of aliphatic hydroxyl groups is 1. The van der Waals surface area contributed by atoms with E-state index in [1.165, 1.54) is 14.7 Å². The Morgan fingerprint density at radius 1 is 1.00 bits per heavy atom. The maximum Gasteiger partial charge on any atom is 0.118 e. The fourth-order valence-corrected chi connectivity index (χ4v) is 2.48. The van der Waals surface area contributed by atoms with Gasteiger partial charge in [0.25, 0.3) is 0 Å². The van der Waals surface area contributed by atoms with E-state index in [1.54, 1.807) is 7.11 Å². The van der Waals surface area contributed by atoms with Crippen LogP contribution in [-0.2, 0) is 12.8 Å². The number of hydrogen-bond donors (Lipinski definition) is 1. The Morgan fingerprint density at radius 2 is 1.60 bits per heavy atom. The highest BCUT2D eigenvalue weighted by Crippen LogP contribution is 2.15. The van der Waals surface area contributed by atoms with Crippen molar-refractivity contribution in [2.75, 3.05) is 7.11 Å². The van der Waals surface area contributed by atoms with Crippen LogP contribution in [0.3, 0.4) is 0 Å². The molecule has 2 nitrogen and oxygen atoms in total. The fraction of sp³-hybridized carbons (Fsp3) is 0.294. The molecule has 1 atom stereocenters. The van der Waals surface area contributed by atoms with Crippen molar-refractivity contribution in [1.29, 1.82) is 0 Å². The van der Waals surface area contributed by atoms with E-state index in [0.717, 1.165) is 18.6 Å². The van der Waals surface area contributed by atoms with Gasteiger partial charge >= 0.3 is 0 Å².